The Labute approximate surface area is 211 Å². The molecule has 10 heteroatoms. The molecule has 0 radical (unpaired) electrons. The molecule has 2 aromatic heterocycles. The molecule has 0 spiro atoms. The summed E-state index contributed by atoms with van der Waals surface area (Å²) in [4.78, 5) is 53.7. The van der Waals surface area contributed by atoms with Crippen LogP contribution in [0.15, 0.2) is 45.8 Å². The van der Waals surface area contributed by atoms with Crippen molar-refractivity contribution in [2.45, 2.75) is 50.6 Å². The summed E-state index contributed by atoms with van der Waals surface area (Å²) in [6, 6.07) is 6.86. The number of amides is 2. The van der Waals surface area contributed by atoms with E-state index in [2.05, 4.69) is 10.2 Å². The number of aromatic amines is 1. The number of hydrogen-bond donors (Lipinski definition) is 1. The largest absolute Gasteiger partial charge is 0.461 e. The van der Waals surface area contributed by atoms with Gasteiger partial charge in [-0.1, -0.05) is 6.07 Å². The first kappa shape index (κ1) is 23.3. The maximum Gasteiger partial charge on any atom is 0.298 e. The van der Waals surface area contributed by atoms with Gasteiger partial charge in [0.25, 0.3) is 23.2 Å². The van der Waals surface area contributed by atoms with Crippen molar-refractivity contribution in [2.75, 3.05) is 13.1 Å². The van der Waals surface area contributed by atoms with Crippen molar-refractivity contribution in [2.24, 2.45) is 0 Å². The normalized spacial score (nSPS) is 20.2. The van der Waals surface area contributed by atoms with Crippen LogP contribution in [0.2, 0.25) is 0 Å². The molecule has 1 aliphatic carbocycles. The van der Waals surface area contributed by atoms with Crippen molar-refractivity contribution in [3.05, 3.63) is 86.5 Å². The molecule has 2 fully saturated rings. The number of furan rings is 1. The number of fused-ring (bicyclic) bond motifs is 3. The van der Waals surface area contributed by atoms with E-state index >= 15 is 0 Å². The number of Topliss-reactive ketones (excluding diaryl/α,β-unsaturated/α-hetero) is 1. The van der Waals surface area contributed by atoms with Crippen LogP contribution in [0, 0.1) is 5.82 Å². The summed E-state index contributed by atoms with van der Waals surface area (Å²) in [5, 5.41) is 6.82. The predicted octanol–water partition coefficient (Wildman–Crippen LogP) is 2.28. The monoisotopic (exact) mass is 504 g/mol. The van der Waals surface area contributed by atoms with Gasteiger partial charge in [-0.3, -0.25) is 19.2 Å². The first-order valence-corrected chi connectivity index (χ1v) is 12.5. The highest BCUT2D eigenvalue weighted by atomic mass is 19.1. The first-order valence-electron chi connectivity index (χ1n) is 12.5. The van der Waals surface area contributed by atoms with Gasteiger partial charge < -0.3 is 14.2 Å². The minimum Gasteiger partial charge on any atom is -0.461 e. The van der Waals surface area contributed by atoms with E-state index in [1.54, 1.807) is 23.1 Å². The Bertz CT molecular complexity index is 1460. The molecular weight excluding hydrogens is 479 g/mol. The Kier molecular flexibility index (Phi) is 5.73. The van der Waals surface area contributed by atoms with E-state index in [1.807, 2.05) is 0 Å². The molecule has 0 saturated carbocycles. The third-order valence-corrected chi connectivity index (χ3v) is 7.72. The van der Waals surface area contributed by atoms with Crippen molar-refractivity contribution in [3.8, 4) is 0 Å². The molecule has 2 saturated heterocycles. The van der Waals surface area contributed by atoms with Gasteiger partial charge in [0, 0.05) is 25.1 Å². The summed E-state index contributed by atoms with van der Waals surface area (Å²) in [7, 11) is 0. The van der Waals surface area contributed by atoms with Crippen LogP contribution in [0.25, 0.3) is 0 Å². The summed E-state index contributed by atoms with van der Waals surface area (Å²) in [5.41, 5.74) is 3.01. The van der Waals surface area contributed by atoms with Gasteiger partial charge in [0.1, 0.15) is 5.82 Å². The van der Waals surface area contributed by atoms with Gasteiger partial charge in [0.15, 0.2) is 5.76 Å². The number of aromatic nitrogens is 2. The fraction of sp³-hybridized carbons (Fsp3) is 0.370. The van der Waals surface area contributed by atoms with Crippen LogP contribution in [0.4, 0.5) is 4.39 Å². The lowest BCUT2D eigenvalue weighted by molar-refractivity contribution is -0.128. The van der Waals surface area contributed by atoms with Crippen LogP contribution in [0.3, 0.4) is 0 Å². The van der Waals surface area contributed by atoms with Crippen LogP contribution >= 0.6 is 0 Å². The molecule has 2 bridgehead atoms. The zero-order valence-corrected chi connectivity index (χ0v) is 20.0. The van der Waals surface area contributed by atoms with Crippen LogP contribution in [0.1, 0.15) is 62.6 Å². The third kappa shape index (κ3) is 4.06. The number of carbonyl (C=O) groups is 3. The van der Waals surface area contributed by atoms with Crippen LogP contribution in [-0.2, 0) is 24.1 Å². The molecule has 3 aliphatic rings. The average Bonchev–Trinajstić information content (AvgIpc) is 3.68. The summed E-state index contributed by atoms with van der Waals surface area (Å²) in [6.07, 6.45) is 5.71. The van der Waals surface area contributed by atoms with Gasteiger partial charge >= 0.3 is 0 Å². The molecule has 1 N–H and O–H groups in total. The molecule has 6 rings (SSSR count). The standard InChI is InChI=1S/C27H25FN4O5/c28-21-8-7-15(11-22-18-4-1-2-5-19(18)25(34)30-29-22)10-20(21)26(35)31-13-17-12-16(31)14-32(17)27(36)24(33)23-6-3-9-37-23/h3,6-10,16-17H,1-2,4-5,11-14H2,(H,30,34)/t16-,17+/m0/s1. The summed E-state index contributed by atoms with van der Waals surface area (Å²) in [5.74, 6) is -2.44. The number of likely N-dealkylation sites (tertiary alicyclic amines) is 2. The third-order valence-electron chi connectivity index (χ3n) is 7.72. The molecule has 37 heavy (non-hydrogen) atoms. The smallest absolute Gasteiger partial charge is 0.298 e. The number of nitrogens with one attached hydrogen (secondary N) is 1. The topological polar surface area (TPSA) is 117 Å². The van der Waals surface area contributed by atoms with Crippen LogP contribution < -0.4 is 5.56 Å². The van der Waals surface area contributed by atoms with E-state index in [1.165, 1.54) is 23.3 Å². The quantitative estimate of drug-likeness (QED) is 0.421. The summed E-state index contributed by atoms with van der Waals surface area (Å²) in [6.45, 7) is 0.454. The lowest BCUT2D eigenvalue weighted by Crippen LogP contribution is -2.52. The van der Waals surface area contributed by atoms with Crippen molar-refractivity contribution >= 4 is 17.6 Å². The van der Waals surface area contributed by atoms with E-state index in [0.29, 0.717) is 12.8 Å². The van der Waals surface area contributed by atoms with Gasteiger partial charge in [-0.25, -0.2) is 9.49 Å². The maximum atomic E-state index is 14.8. The number of hydrogen-bond acceptors (Lipinski definition) is 6. The highest BCUT2D eigenvalue weighted by Gasteiger charge is 2.49. The Balaban J connectivity index is 1.18. The lowest BCUT2D eigenvalue weighted by Gasteiger charge is -2.34. The number of nitrogens with zero attached hydrogens (tertiary/aromatic N) is 3. The zero-order valence-electron chi connectivity index (χ0n) is 20.0. The minimum absolute atomic E-state index is 0.0159. The number of H-pyrrole nitrogens is 1. The van der Waals surface area contributed by atoms with Gasteiger partial charge in [0.2, 0.25) is 0 Å². The van der Waals surface area contributed by atoms with Crippen molar-refractivity contribution in [1.82, 2.24) is 20.0 Å². The van der Waals surface area contributed by atoms with Crippen molar-refractivity contribution in [1.29, 1.82) is 0 Å². The van der Waals surface area contributed by atoms with E-state index < -0.39 is 23.4 Å². The van der Waals surface area contributed by atoms with E-state index in [0.717, 1.165) is 48.1 Å². The Morgan fingerprint density at radius 3 is 2.54 bits per heavy atom. The summed E-state index contributed by atoms with van der Waals surface area (Å²) >= 11 is 0. The Morgan fingerprint density at radius 2 is 1.81 bits per heavy atom. The van der Waals surface area contributed by atoms with Crippen LogP contribution in [0.5, 0.6) is 0 Å². The predicted molar refractivity (Wildman–Crippen MR) is 129 cm³/mol. The second kappa shape index (κ2) is 9.10. The Morgan fingerprint density at radius 1 is 1.05 bits per heavy atom. The van der Waals surface area contributed by atoms with Gasteiger partial charge in [0.05, 0.1) is 29.6 Å². The second-order valence-electron chi connectivity index (χ2n) is 9.92. The average molecular weight is 505 g/mol. The maximum absolute atomic E-state index is 14.8. The van der Waals surface area contributed by atoms with E-state index in [4.69, 9.17) is 4.42 Å². The summed E-state index contributed by atoms with van der Waals surface area (Å²) < 4.78 is 19.9. The number of halogens is 1. The van der Waals surface area contributed by atoms with Crippen molar-refractivity contribution in [3.63, 3.8) is 0 Å². The number of ketones is 1. The SMILES string of the molecule is O=C(C(=O)N1C[C@@H]2C[C@@H]1CN2C(=O)c1cc(Cc2n[nH]c(=O)c3c2CCCC3)ccc1F)c1ccco1. The van der Waals surface area contributed by atoms with Gasteiger partial charge in [-0.15, -0.1) is 0 Å². The number of benzene rings is 1. The van der Waals surface area contributed by atoms with Gasteiger partial charge in [-0.05, 0) is 67.5 Å². The fourth-order valence-electron chi connectivity index (χ4n) is 5.88. The Hall–Kier alpha value is -4.08. The molecule has 2 aliphatic heterocycles. The second-order valence-corrected chi connectivity index (χ2v) is 9.92. The number of piperazine rings is 1. The van der Waals surface area contributed by atoms with E-state index in [-0.39, 0.29) is 42.1 Å². The number of rotatable bonds is 5. The molecular formula is C27H25FN4O5. The lowest BCUT2D eigenvalue weighted by atomic mass is 9.90. The molecule has 190 valence electrons. The molecule has 0 unspecified atom stereocenters. The van der Waals surface area contributed by atoms with E-state index in [9.17, 15) is 23.6 Å². The van der Waals surface area contributed by atoms with Crippen LogP contribution in [-0.4, -0.2) is 62.8 Å². The van der Waals surface area contributed by atoms with Crippen molar-refractivity contribution < 1.29 is 23.2 Å². The molecule has 4 heterocycles. The fourth-order valence-corrected chi connectivity index (χ4v) is 5.88. The zero-order chi connectivity index (χ0) is 25.7. The molecule has 1 aromatic carbocycles. The highest BCUT2D eigenvalue weighted by molar-refractivity contribution is 6.42. The molecule has 3 aromatic rings. The van der Waals surface area contributed by atoms with Gasteiger partial charge in [-0.2, -0.15) is 5.10 Å². The number of carbonyl (C=O) groups excluding carboxylic acids is 3. The first-order chi connectivity index (χ1) is 17.9. The molecule has 2 atom stereocenters. The molecule has 9 nitrogen and oxygen atoms in total. The highest BCUT2D eigenvalue weighted by Crippen LogP contribution is 2.33. The minimum atomic E-state index is -0.716. The molecule has 2 amide bonds.